The van der Waals surface area contributed by atoms with Crippen LogP contribution in [0.5, 0.6) is 0 Å². The number of ether oxygens (including phenoxy) is 1. The van der Waals surface area contributed by atoms with Crippen LogP contribution in [0.3, 0.4) is 0 Å². The smallest absolute Gasteiger partial charge is 0.348 e. The molecule has 21 heavy (non-hydrogen) atoms. The molecule has 0 fully saturated rings. The van der Waals surface area contributed by atoms with Crippen LogP contribution in [0.1, 0.15) is 6.92 Å². The number of aliphatic imine (C=N–C) groups is 1. The number of nitrogens with one attached hydrogen (secondary N) is 1. The Labute approximate surface area is 126 Å². The zero-order chi connectivity index (χ0) is 15.1. The van der Waals surface area contributed by atoms with Crippen LogP contribution >= 0.6 is 11.6 Å². The van der Waals surface area contributed by atoms with Crippen LogP contribution in [-0.2, 0) is 11.3 Å². The fourth-order valence-corrected chi connectivity index (χ4v) is 1.66. The molecule has 0 atom stereocenters. The highest BCUT2D eigenvalue weighted by Gasteiger charge is 2.07. The molecule has 0 aliphatic rings. The van der Waals surface area contributed by atoms with Gasteiger partial charge in [-0.3, -0.25) is 0 Å². The molecular formula is C13H14ClN5O2. The van der Waals surface area contributed by atoms with Gasteiger partial charge in [-0.2, -0.15) is 10.1 Å². The Balaban J connectivity index is 2.02. The van der Waals surface area contributed by atoms with Crippen LogP contribution in [0, 0.1) is 0 Å². The van der Waals surface area contributed by atoms with E-state index >= 15 is 0 Å². The number of rotatable bonds is 4. The van der Waals surface area contributed by atoms with Gasteiger partial charge in [-0.25, -0.2) is 14.5 Å². The molecule has 1 aromatic heterocycles. The van der Waals surface area contributed by atoms with Crippen molar-refractivity contribution in [1.82, 2.24) is 14.8 Å². The van der Waals surface area contributed by atoms with Gasteiger partial charge < -0.3 is 10.1 Å². The normalized spacial score (nSPS) is 11.2. The van der Waals surface area contributed by atoms with Gasteiger partial charge in [0.1, 0.15) is 19.2 Å². The fourth-order valence-electron chi connectivity index (χ4n) is 1.53. The standard InChI is InChI=1S/C13H14ClN5O2/c1-2-21-12(7-19-9-15-8-16-19)18-13(20)17-11-5-3-10(14)4-6-11/h3-6,8-9H,2,7H2,1H3,(H,17,20)/b18-12+. The van der Waals surface area contributed by atoms with Gasteiger partial charge in [0, 0.05) is 10.7 Å². The van der Waals surface area contributed by atoms with Gasteiger partial charge in [0.15, 0.2) is 0 Å². The molecule has 0 aliphatic heterocycles. The number of halogens is 1. The van der Waals surface area contributed by atoms with Gasteiger partial charge in [-0.1, -0.05) is 11.6 Å². The van der Waals surface area contributed by atoms with Crippen LogP contribution < -0.4 is 5.32 Å². The molecule has 1 aromatic carbocycles. The highest BCUT2D eigenvalue weighted by molar-refractivity contribution is 6.30. The van der Waals surface area contributed by atoms with Gasteiger partial charge in [-0.15, -0.1) is 0 Å². The predicted octanol–water partition coefficient (Wildman–Crippen LogP) is 2.60. The maximum Gasteiger partial charge on any atom is 0.348 e. The first-order valence-corrected chi connectivity index (χ1v) is 6.64. The molecule has 1 N–H and O–H groups in total. The summed E-state index contributed by atoms with van der Waals surface area (Å²) in [6.07, 6.45) is 2.92. The van der Waals surface area contributed by atoms with Crippen molar-refractivity contribution in [2.75, 3.05) is 11.9 Å². The summed E-state index contributed by atoms with van der Waals surface area (Å²) in [6, 6.07) is 6.21. The van der Waals surface area contributed by atoms with E-state index in [1.54, 1.807) is 24.3 Å². The third-order valence-corrected chi connectivity index (χ3v) is 2.65. The number of hydrogen-bond donors (Lipinski definition) is 1. The highest BCUT2D eigenvalue weighted by Crippen LogP contribution is 2.13. The van der Waals surface area contributed by atoms with E-state index in [-0.39, 0.29) is 12.4 Å². The summed E-state index contributed by atoms with van der Waals surface area (Å²) in [5.41, 5.74) is 0.602. The van der Waals surface area contributed by atoms with Gasteiger partial charge in [0.25, 0.3) is 0 Å². The molecule has 0 radical (unpaired) electrons. The molecule has 0 saturated heterocycles. The minimum absolute atomic E-state index is 0.238. The topological polar surface area (TPSA) is 81.4 Å². The molecule has 0 spiro atoms. The molecule has 8 heteroatoms. The Morgan fingerprint density at radius 1 is 1.43 bits per heavy atom. The molecule has 2 amide bonds. The van der Waals surface area contributed by atoms with Crippen LogP contribution in [0.15, 0.2) is 41.9 Å². The van der Waals surface area contributed by atoms with E-state index in [4.69, 9.17) is 16.3 Å². The Morgan fingerprint density at radius 2 is 2.19 bits per heavy atom. The Bertz CT molecular complexity index is 610. The minimum Gasteiger partial charge on any atom is -0.480 e. The van der Waals surface area contributed by atoms with Gasteiger partial charge >= 0.3 is 6.03 Å². The fraction of sp³-hybridized carbons (Fsp3) is 0.231. The van der Waals surface area contributed by atoms with Crippen LogP contribution in [0.4, 0.5) is 10.5 Å². The van der Waals surface area contributed by atoms with Crippen LogP contribution in [0.2, 0.25) is 5.02 Å². The van der Waals surface area contributed by atoms with E-state index in [0.717, 1.165) is 0 Å². The average Bonchev–Trinajstić information content (AvgIpc) is 2.94. The number of anilines is 1. The SMILES string of the molecule is CCO/C(Cn1cncn1)=N/C(=O)Nc1ccc(Cl)cc1. The maximum atomic E-state index is 11.9. The van der Waals surface area contributed by atoms with Gasteiger partial charge in [0.05, 0.1) is 6.61 Å². The van der Waals surface area contributed by atoms with E-state index in [0.29, 0.717) is 17.3 Å². The zero-order valence-corrected chi connectivity index (χ0v) is 12.1. The summed E-state index contributed by atoms with van der Waals surface area (Å²) in [5.74, 6) is 0.259. The number of hydrogen-bond acceptors (Lipinski definition) is 4. The summed E-state index contributed by atoms with van der Waals surface area (Å²) < 4.78 is 6.84. The molecule has 1 heterocycles. The minimum atomic E-state index is -0.527. The average molecular weight is 308 g/mol. The van der Waals surface area contributed by atoms with Crippen molar-refractivity contribution in [2.24, 2.45) is 4.99 Å². The summed E-state index contributed by atoms with van der Waals surface area (Å²) in [7, 11) is 0. The number of carbonyl (C=O) groups excluding carboxylic acids is 1. The lowest BCUT2D eigenvalue weighted by Gasteiger charge is -2.07. The molecule has 2 rings (SSSR count). The second kappa shape index (κ2) is 7.39. The van der Waals surface area contributed by atoms with E-state index < -0.39 is 6.03 Å². The van der Waals surface area contributed by atoms with Crippen molar-refractivity contribution in [1.29, 1.82) is 0 Å². The van der Waals surface area contributed by atoms with E-state index in [1.165, 1.54) is 17.3 Å². The van der Waals surface area contributed by atoms with Crippen LogP contribution in [-0.4, -0.2) is 33.3 Å². The second-order valence-electron chi connectivity index (χ2n) is 3.97. The first kappa shape index (κ1) is 15.0. The van der Waals surface area contributed by atoms with Crippen molar-refractivity contribution in [3.63, 3.8) is 0 Å². The summed E-state index contributed by atoms with van der Waals surface area (Å²) >= 11 is 5.78. The number of carbonyl (C=O) groups is 1. The number of urea groups is 1. The first-order chi connectivity index (χ1) is 10.2. The van der Waals surface area contributed by atoms with E-state index in [9.17, 15) is 4.79 Å². The molecule has 0 bridgehead atoms. The number of benzene rings is 1. The summed E-state index contributed by atoms with van der Waals surface area (Å²) in [5, 5.41) is 7.16. The van der Waals surface area contributed by atoms with E-state index in [2.05, 4.69) is 20.4 Å². The Hall–Kier alpha value is -2.41. The van der Waals surface area contributed by atoms with Crippen molar-refractivity contribution in [3.8, 4) is 0 Å². The molecular weight excluding hydrogens is 294 g/mol. The first-order valence-electron chi connectivity index (χ1n) is 6.26. The Morgan fingerprint density at radius 3 is 2.81 bits per heavy atom. The van der Waals surface area contributed by atoms with Crippen molar-refractivity contribution < 1.29 is 9.53 Å². The molecule has 2 aromatic rings. The molecule has 7 nitrogen and oxygen atoms in total. The lowest BCUT2D eigenvalue weighted by Crippen LogP contribution is -2.18. The quantitative estimate of drug-likeness (QED) is 0.695. The zero-order valence-electron chi connectivity index (χ0n) is 11.4. The molecule has 0 saturated carbocycles. The summed E-state index contributed by atoms with van der Waals surface area (Å²) in [4.78, 5) is 19.6. The molecule has 0 unspecified atom stereocenters. The lowest BCUT2D eigenvalue weighted by atomic mass is 10.3. The lowest BCUT2D eigenvalue weighted by molar-refractivity contribution is 0.257. The molecule has 110 valence electrons. The van der Waals surface area contributed by atoms with Crippen molar-refractivity contribution >= 4 is 29.2 Å². The van der Waals surface area contributed by atoms with Crippen LogP contribution in [0.25, 0.3) is 0 Å². The number of amides is 2. The van der Waals surface area contributed by atoms with E-state index in [1.807, 2.05) is 6.92 Å². The summed E-state index contributed by atoms with van der Waals surface area (Å²) in [6.45, 7) is 2.46. The number of aromatic nitrogens is 3. The third-order valence-electron chi connectivity index (χ3n) is 2.40. The number of nitrogens with zero attached hydrogens (tertiary/aromatic N) is 4. The highest BCUT2D eigenvalue weighted by atomic mass is 35.5. The largest absolute Gasteiger partial charge is 0.480 e. The van der Waals surface area contributed by atoms with Gasteiger partial charge in [0.2, 0.25) is 5.90 Å². The predicted molar refractivity (Wildman–Crippen MR) is 79.6 cm³/mol. The van der Waals surface area contributed by atoms with Gasteiger partial charge in [-0.05, 0) is 31.2 Å². The second-order valence-corrected chi connectivity index (χ2v) is 4.41. The molecule has 0 aliphatic carbocycles. The monoisotopic (exact) mass is 307 g/mol. The maximum absolute atomic E-state index is 11.9. The van der Waals surface area contributed by atoms with Crippen molar-refractivity contribution in [3.05, 3.63) is 41.9 Å². The third kappa shape index (κ3) is 4.88. The Kier molecular flexibility index (Phi) is 5.28. The van der Waals surface area contributed by atoms with Crippen molar-refractivity contribution in [2.45, 2.75) is 13.5 Å².